The number of rotatable bonds is 4. The summed E-state index contributed by atoms with van der Waals surface area (Å²) in [6, 6.07) is 11.6. The van der Waals surface area contributed by atoms with E-state index in [1.54, 1.807) is 43.3 Å². The molecule has 0 spiro atoms. The smallest absolute Gasteiger partial charge is 0.207 e. The average Bonchev–Trinajstić information content (AvgIpc) is 2.37. The number of nitrogens with one attached hydrogen (secondary N) is 1. The van der Waals surface area contributed by atoms with Crippen molar-refractivity contribution in [3.05, 3.63) is 62.0 Å². The Labute approximate surface area is 146 Å². The lowest BCUT2D eigenvalue weighted by molar-refractivity contribution is 0.566. The van der Waals surface area contributed by atoms with Crippen molar-refractivity contribution in [3.8, 4) is 0 Å². The van der Waals surface area contributed by atoms with Crippen LogP contribution < -0.4 is 4.72 Å². The van der Waals surface area contributed by atoms with E-state index in [1.807, 2.05) is 6.07 Å². The van der Waals surface area contributed by atoms with Gasteiger partial charge >= 0.3 is 0 Å². The van der Waals surface area contributed by atoms with Gasteiger partial charge in [-0.05, 0) is 58.7 Å². The predicted octanol–water partition coefficient (Wildman–Crippen LogP) is 4.90. The molecule has 2 aromatic rings. The van der Waals surface area contributed by atoms with Gasteiger partial charge in [0.1, 0.15) is 0 Å². The van der Waals surface area contributed by atoms with Gasteiger partial charge in [-0.15, -0.1) is 0 Å². The van der Waals surface area contributed by atoms with Gasteiger partial charge in [-0.1, -0.05) is 39.7 Å². The molecule has 0 amide bonds. The van der Waals surface area contributed by atoms with E-state index in [9.17, 15) is 8.42 Å². The van der Waals surface area contributed by atoms with Gasteiger partial charge in [0, 0.05) is 20.0 Å². The zero-order valence-electron chi connectivity index (χ0n) is 11.0. The van der Waals surface area contributed by atoms with Crippen LogP contribution >= 0.6 is 43.5 Å². The Morgan fingerprint density at radius 3 is 2.48 bits per heavy atom. The highest BCUT2D eigenvalue weighted by Gasteiger charge is 2.21. The highest BCUT2D eigenvalue weighted by molar-refractivity contribution is 9.11. The SMILES string of the molecule is CC(NS(=O)(=O)c1ccc(Br)cc1Br)c1cccc(Cl)c1. The molecular weight excluding hydrogens is 441 g/mol. The van der Waals surface area contributed by atoms with E-state index in [2.05, 4.69) is 36.6 Å². The van der Waals surface area contributed by atoms with Crippen molar-refractivity contribution in [1.29, 1.82) is 0 Å². The molecule has 0 heterocycles. The molecule has 21 heavy (non-hydrogen) atoms. The Bertz CT molecular complexity index is 765. The molecule has 7 heteroatoms. The van der Waals surface area contributed by atoms with E-state index in [-0.39, 0.29) is 10.9 Å². The molecular formula is C14H12Br2ClNO2S. The van der Waals surface area contributed by atoms with E-state index in [1.165, 1.54) is 0 Å². The Balaban J connectivity index is 2.29. The number of benzene rings is 2. The maximum atomic E-state index is 12.4. The van der Waals surface area contributed by atoms with Crippen LogP contribution in [0.3, 0.4) is 0 Å². The minimum absolute atomic E-state index is 0.194. The first-order valence-electron chi connectivity index (χ1n) is 6.02. The Hall–Kier alpha value is -0.400. The van der Waals surface area contributed by atoms with Crippen LogP contribution in [0.5, 0.6) is 0 Å². The lowest BCUT2D eigenvalue weighted by Gasteiger charge is -2.16. The molecule has 0 bridgehead atoms. The van der Waals surface area contributed by atoms with Crippen LogP contribution in [0.25, 0.3) is 0 Å². The predicted molar refractivity (Wildman–Crippen MR) is 92.0 cm³/mol. The summed E-state index contributed by atoms with van der Waals surface area (Å²) in [5.74, 6) is 0. The summed E-state index contributed by atoms with van der Waals surface area (Å²) in [6.07, 6.45) is 0. The third-order valence-electron chi connectivity index (χ3n) is 2.86. The van der Waals surface area contributed by atoms with Crippen molar-refractivity contribution >= 4 is 53.5 Å². The van der Waals surface area contributed by atoms with Crippen LogP contribution in [0.15, 0.2) is 56.3 Å². The topological polar surface area (TPSA) is 46.2 Å². The molecule has 0 aromatic heterocycles. The van der Waals surface area contributed by atoms with Crippen molar-refractivity contribution in [1.82, 2.24) is 4.72 Å². The molecule has 0 saturated carbocycles. The molecule has 0 aliphatic rings. The molecule has 1 unspecified atom stereocenters. The van der Waals surface area contributed by atoms with Crippen molar-refractivity contribution in [2.75, 3.05) is 0 Å². The monoisotopic (exact) mass is 451 g/mol. The molecule has 0 saturated heterocycles. The Morgan fingerprint density at radius 1 is 1.14 bits per heavy atom. The minimum Gasteiger partial charge on any atom is -0.207 e. The van der Waals surface area contributed by atoms with E-state index in [4.69, 9.17) is 11.6 Å². The van der Waals surface area contributed by atoms with Crippen LogP contribution in [0.4, 0.5) is 0 Å². The third-order valence-corrected chi connectivity index (χ3v) is 6.11. The third kappa shape index (κ3) is 4.29. The van der Waals surface area contributed by atoms with Gasteiger partial charge in [0.25, 0.3) is 0 Å². The summed E-state index contributed by atoms with van der Waals surface area (Å²) in [7, 11) is -3.63. The molecule has 1 N–H and O–H groups in total. The molecule has 0 aliphatic carbocycles. The van der Waals surface area contributed by atoms with Gasteiger partial charge < -0.3 is 0 Å². The molecule has 1 atom stereocenters. The van der Waals surface area contributed by atoms with E-state index < -0.39 is 10.0 Å². The maximum Gasteiger partial charge on any atom is 0.242 e. The largest absolute Gasteiger partial charge is 0.242 e. The lowest BCUT2D eigenvalue weighted by atomic mass is 10.1. The Kier molecular flexibility index (Phi) is 5.48. The first-order valence-corrected chi connectivity index (χ1v) is 9.47. The Morgan fingerprint density at radius 2 is 1.86 bits per heavy atom. The maximum absolute atomic E-state index is 12.4. The normalized spacial score (nSPS) is 13.1. The van der Waals surface area contributed by atoms with E-state index >= 15 is 0 Å². The van der Waals surface area contributed by atoms with Crippen LogP contribution in [-0.4, -0.2) is 8.42 Å². The summed E-state index contributed by atoms with van der Waals surface area (Å²) in [5.41, 5.74) is 0.805. The second-order valence-electron chi connectivity index (χ2n) is 4.47. The van der Waals surface area contributed by atoms with Gasteiger partial charge in [-0.2, -0.15) is 0 Å². The molecule has 3 nitrogen and oxygen atoms in total. The van der Waals surface area contributed by atoms with Crippen molar-refractivity contribution in [2.24, 2.45) is 0 Å². The number of halogens is 3. The molecule has 0 radical (unpaired) electrons. The molecule has 0 aliphatic heterocycles. The zero-order valence-corrected chi connectivity index (χ0v) is 15.7. The zero-order chi connectivity index (χ0) is 15.6. The van der Waals surface area contributed by atoms with Crippen LogP contribution in [0, 0.1) is 0 Å². The standard InChI is InChI=1S/C14H12Br2ClNO2S/c1-9(10-3-2-4-12(17)7-10)18-21(19,20)14-6-5-11(15)8-13(14)16/h2-9,18H,1H3. The van der Waals surface area contributed by atoms with Gasteiger partial charge in [0.2, 0.25) is 10.0 Å². The van der Waals surface area contributed by atoms with Crippen molar-refractivity contribution < 1.29 is 8.42 Å². The van der Waals surface area contributed by atoms with Crippen LogP contribution in [0.2, 0.25) is 5.02 Å². The fourth-order valence-electron chi connectivity index (χ4n) is 1.83. The second-order valence-corrected chi connectivity index (χ2v) is 8.36. The van der Waals surface area contributed by atoms with Crippen molar-refractivity contribution in [3.63, 3.8) is 0 Å². The molecule has 2 aromatic carbocycles. The quantitative estimate of drug-likeness (QED) is 0.715. The fourth-order valence-corrected chi connectivity index (χ4v) is 5.01. The summed E-state index contributed by atoms with van der Waals surface area (Å²) in [4.78, 5) is 0.194. The summed E-state index contributed by atoms with van der Waals surface area (Å²) >= 11 is 12.5. The molecule has 112 valence electrons. The second kappa shape index (κ2) is 6.79. The first kappa shape index (κ1) is 17.0. The van der Waals surface area contributed by atoms with Crippen molar-refractivity contribution in [2.45, 2.75) is 17.9 Å². The minimum atomic E-state index is -3.63. The number of hydrogen-bond acceptors (Lipinski definition) is 2. The van der Waals surface area contributed by atoms with Crippen LogP contribution in [0.1, 0.15) is 18.5 Å². The fraction of sp³-hybridized carbons (Fsp3) is 0.143. The van der Waals surface area contributed by atoms with Gasteiger partial charge in [0.05, 0.1) is 4.90 Å². The summed E-state index contributed by atoms with van der Waals surface area (Å²) in [6.45, 7) is 1.77. The van der Waals surface area contributed by atoms with Gasteiger partial charge in [-0.3, -0.25) is 0 Å². The van der Waals surface area contributed by atoms with E-state index in [0.717, 1.165) is 10.0 Å². The molecule has 2 rings (SSSR count). The summed E-state index contributed by atoms with van der Waals surface area (Å²) in [5, 5.41) is 0.573. The lowest BCUT2D eigenvalue weighted by Crippen LogP contribution is -2.27. The summed E-state index contributed by atoms with van der Waals surface area (Å²) < 4.78 is 28.8. The number of hydrogen-bond donors (Lipinski definition) is 1. The number of sulfonamides is 1. The van der Waals surface area contributed by atoms with Crippen LogP contribution in [-0.2, 0) is 10.0 Å². The average molecular weight is 454 g/mol. The van der Waals surface area contributed by atoms with Gasteiger partial charge in [0.15, 0.2) is 0 Å². The van der Waals surface area contributed by atoms with E-state index in [0.29, 0.717) is 9.50 Å². The highest BCUT2D eigenvalue weighted by Crippen LogP contribution is 2.27. The molecule has 0 fully saturated rings. The highest BCUT2D eigenvalue weighted by atomic mass is 79.9. The van der Waals surface area contributed by atoms with Gasteiger partial charge in [-0.25, -0.2) is 13.1 Å². The first-order chi connectivity index (χ1) is 9.79.